The number of nitrogens with zero attached hydrogens (tertiary/aromatic N) is 2. The lowest BCUT2D eigenvalue weighted by molar-refractivity contribution is 0.289. The van der Waals surface area contributed by atoms with Crippen LogP contribution in [0.2, 0.25) is 0 Å². The Balaban J connectivity index is 2.91. The first-order valence-corrected chi connectivity index (χ1v) is 6.07. The minimum absolute atomic E-state index is 0.190. The molecule has 0 aliphatic rings. The maximum atomic E-state index is 8.89. The first-order valence-electron chi connectivity index (χ1n) is 5.27. The van der Waals surface area contributed by atoms with Crippen molar-refractivity contribution in [2.24, 2.45) is 0 Å². The van der Waals surface area contributed by atoms with Crippen LogP contribution < -0.4 is 4.90 Å². The van der Waals surface area contributed by atoms with E-state index in [0.29, 0.717) is 5.56 Å². The Morgan fingerprint density at radius 1 is 1.44 bits per heavy atom. The Kier molecular flexibility index (Phi) is 5.30. The van der Waals surface area contributed by atoms with Gasteiger partial charge in [-0.15, -0.1) is 0 Å². The average Bonchev–Trinajstić information content (AvgIpc) is 2.29. The van der Waals surface area contributed by atoms with Crippen LogP contribution in [0, 0.1) is 11.3 Å². The molecule has 4 heteroatoms. The van der Waals surface area contributed by atoms with Gasteiger partial charge in [0, 0.05) is 29.9 Å². The fourth-order valence-corrected chi connectivity index (χ4v) is 2.03. The van der Waals surface area contributed by atoms with Crippen molar-refractivity contribution in [2.75, 3.05) is 24.6 Å². The van der Waals surface area contributed by atoms with Crippen molar-refractivity contribution in [1.82, 2.24) is 0 Å². The fraction of sp³-hybridized carbons (Fsp3) is 0.417. The van der Waals surface area contributed by atoms with Gasteiger partial charge in [-0.2, -0.15) is 5.26 Å². The minimum Gasteiger partial charge on any atom is -0.396 e. The third-order valence-corrected chi connectivity index (χ3v) is 2.80. The summed E-state index contributed by atoms with van der Waals surface area (Å²) >= 11 is 3.39. The number of benzene rings is 1. The highest BCUT2D eigenvalue weighted by molar-refractivity contribution is 9.10. The molecule has 0 amide bonds. The summed E-state index contributed by atoms with van der Waals surface area (Å²) in [6.07, 6.45) is 0.738. The quantitative estimate of drug-likeness (QED) is 0.903. The Labute approximate surface area is 104 Å². The second-order valence-electron chi connectivity index (χ2n) is 3.47. The summed E-state index contributed by atoms with van der Waals surface area (Å²) < 4.78 is 0.906. The average molecular weight is 283 g/mol. The summed E-state index contributed by atoms with van der Waals surface area (Å²) in [6.45, 7) is 3.91. The molecule has 3 nitrogen and oxygen atoms in total. The number of hydrogen-bond donors (Lipinski definition) is 1. The smallest absolute Gasteiger partial charge is 0.0992 e. The molecule has 0 unspecified atom stereocenters. The van der Waals surface area contributed by atoms with Gasteiger partial charge in [0.15, 0.2) is 0 Å². The van der Waals surface area contributed by atoms with Crippen LogP contribution in [0.15, 0.2) is 22.7 Å². The third-order valence-electron chi connectivity index (χ3n) is 2.34. The Hall–Kier alpha value is -1.05. The largest absolute Gasteiger partial charge is 0.396 e. The molecular weight excluding hydrogens is 268 g/mol. The molecule has 0 aromatic heterocycles. The molecule has 86 valence electrons. The molecule has 0 atom stereocenters. The predicted molar refractivity (Wildman–Crippen MR) is 68.4 cm³/mol. The number of hydrogen-bond acceptors (Lipinski definition) is 3. The number of aliphatic hydroxyl groups is 1. The van der Waals surface area contributed by atoms with Crippen molar-refractivity contribution in [3.63, 3.8) is 0 Å². The topological polar surface area (TPSA) is 47.3 Å². The van der Waals surface area contributed by atoms with Crippen molar-refractivity contribution in [1.29, 1.82) is 5.26 Å². The highest BCUT2D eigenvalue weighted by atomic mass is 79.9. The van der Waals surface area contributed by atoms with Crippen LogP contribution in [-0.2, 0) is 0 Å². The zero-order valence-corrected chi connectivity index (χ0v) is 10.9. The molecule has 0 saturated heterocycles. The van der Waals surface area contributed by atoms with E-state index < -0.39 is 0 Å². The van der Waals surface area contributed by atoms with Crippen LogP contribution in [0.1, 0.15) is 18.9 Å². The molecule has 0 aliphatic heterocycles. The third kappa shape index (κ3) is 3.51. The maximum absolute atomic E-state index is 8.89. The summed E-state index contributed by atoms with van der Waals surface area (Å²) in [4.78, 5) is 2.14. The number of anilines is 1. The lowest BCUT2D eigenvalue weighted by Crippen LogP contribution is -2.24. The Bertz CT molecular complexity index is 387. The first kappa shape index (κ1) is 13.0. The summed E-state index contributed by atoms with van der Waals surface area (Å²) in [6, 6.07) is 7.79. The highest BCUT2D eigenvalue weighted by Gasteiger charge is 2.06. The van der Waals surface area contributed by atoms with Crippen LogP contribution in [0.3, 0.4) is 0 Å². The van der Waals surface area contributed by atoms with E-state index in [1.54, 1.807) is 6.07 Å². The van der Waals surface area contributed by atoms with Crippen molar-refractivity contribution in [2.45, 2.75) is 13.3 Å². The van der Waals surface area contributed by atoms with Crippen molar-refractivity contribution < 1.29 is 5.11 Å². The van der Waals surface area contributed by atoms with Gasteiger partial charge in [-0.05, 0) is 31.5 Å². The molecule has 0 fully saturated rings. The number of halogens is 1. The number of rotatable bonds is 5. The van der Waals surface area contributed by atoms with Crippen LogP contribution in [0.4, 0.5) is 5.69 Å². The molecule has 1 aromatic rings. The monoisotopic (exact) mass is 282 g/mol. The van der Waals surface area contributed by atoms with Gasteiger partial charge in [-0.3, -0.25) is 0 Å². The van der Waals surface area contributed by atoms with E-state index in [1.165, 1.54) is 0 Å². The van der Waals surface area contributed by atoms with E-state index in [2.05, 4.69) is 33.8 Å². The molecule has 0 radical (unpaired) electrons. The molecule has 1 N–H and O–H groups in total. The summed E-state index contributed by atoms with van der Waals surface area (Å²) in [7, 11) is 0. The van der Waals surface area contributed by atoms with E-state index in [9.17, 15) is 0 Å². The molecule has 0 aliphatic carbocycles. The molecular formula is C12H15BrN2O. The van der Waals surface area contributed by atoms with Crippen molar-refractivity contribution in [3.8, 4) is 6.07 Å². The molecule has 16 heavy (non-hydrogen) atoms. The van der Waals surface area contributed by atoms with E-state index in [4.69, 9.17) is 10.4 Å². The fourth-order valence-electron chi connectivity index (χ4n) is 1.55. The molecule has 0 heterocycles. The van der Waals surface area contributed by atoms with Gasteiger partial charge in [-0.25, -0.2) is 0 Å². The van der Waals surface area contributed by atoms with Gasteiger partial charge in [0.25, 0.3) is 0 Å². The SMILES string of the molecule is CCN(CCCO)c1cc(Br)cc(C#N)c1. The minimum atomic E-state index is 0.190. The molecule has 1 rings (SSSR count). The standard InChI is InChI=1S/C12H15BrN2O/c1-2-15(4-3-5-16)12-7-10(9-14)6-11(13)8-12/h6-8,16H,2-5H2,1H3. The van der Waals surface area contributed by atoms with Gasteiger partial charge >= 0.3 is 0 Å². The zero-order chi connectivity index (χ0) is 12.0. The zero-order valence-electron chi connectivity index (χ0n) is 9.28. The Morgan fingerprint density at radius 3 is 2.75 bits per heavy atom. The molecule has 0 spiro atoms. The van der Waals surface area contributed by atoms with Gasteiger partial charge in [0.1, 0.15) is 0 Å². The van der Waals surface area contributed by atoms with E-state index >= 15 is 0 Å². The highest BCUT2D eigenvalue weighted by Crippen LogP contribution is 2.22. The first-order chi connectivity index (χ1) is 7.71. The van der Waals surface area contributed by atoms with E-state index in [-0.39, 0.29) is 6.61 Å². The van der Waals surface area contributed by atoms with Crippen LogP contribution in [0.25, 0.3) is 0 Å². The van der Waals surface area contributed by atoms with Gasteiger partial charge in [-0.1, -0.05) is 15.9 Å². The molecule has 0 saturated carbocycles. The van der Waals surface area contributed by atoms with E-state index in [0.717, 1.165) is 29.7 Å². The normalized spacial score (nSPS) is 9.88. The molecule has 1 aromatic carbocycles. The van der Waals surface area contributed by atoms with Crippen molar-refractivity contribution >= 4 is 21.6 Å². The second kappa shape index (κ2) is 6.51. The maximum Gasteiger partial charge on any atom is 0.0992 e. The lowest BCUT2D eigenvalue weighted by Gasteiger charge is -2.23. The number of nitriles is 1. The lowest BCUT2D eigenvalue weighted by atomic mass is 10.2. The van der Waals surface area contributed by atoms with Gasteiger partial charge in [0.05, 0.1) is 11.6 Å². The second-order valence-corrected chi connectivity index (χ2v) is 4.38. The van der Waals surface area contributed by atoms with Gasteiger partial charge < -0.3 is 10.0 Å². The Morgan fingerprint density at radius 2 is 2.19 bits per heavy atom. The van der Waals surface area contributed by atoms with Crippen molar-refractivity contribution in [3.05, 3.63) is 28.2 Å². The summed E-state index contributed by atoms with van der Waals surface area (Å²) in [5.74, 6) is 0. The number of aliphatic hydroxyl groups excluding tert-OH is 1. The van der Waals surface area contributed by atoms with Crippen LogP contribution in [0.5, 0.6) is 0 Å². The summed E-state index contributed by atoms with van der Waals surface area (Å²) in [5.41, 5.74) is 1.66. The van der Waals surface area contributed by atoms with Crippen LogP contribution >= 0.6 is 15.9 Å². The molecule has 0 bridgehead atoms. The van der Waals surface area contributed by atoms with E-state index in [1.807, 2.05) is 12.1 Å². The summed E-state index contributed by atoms with van der Waals surface area (Å²) in [5, 5.41) is 17.7. The predicted octanol–water partition coefficient (Wildman–Crippen LogP) is 2.53. The van der Waals surface area contributed by atoms with Gasteiger partial charge in [0.2, 0.25) is 0 Å². The van der Waals surface area contributed by atoms with Crippen LogP contribution in [-0.4, -0.2) is 24.8 Å².